The molecule has 3 unspecified atom stereocenters. The fourth-order valence-corrected chi connectivity index (χ4v) is 7.69. The number of aliphatic hydroxyl groups excluding tert-OH is 2. The van der Waals surface area contributed by atoms with Crippen molar-refractivity contribution in [2.45, 2.75) is 57.8 Å². The average molecular weight is 852 g/mol. The number of amides is 2. The highest BCUT2D eigenvalue weighted by Gasteiger charge is 2.50. The normalized spacial score (nSPS) is 21.9. The highest BCUT2D eigenvalue weighted by molar-refractivity contribution is 7.95. The van der Waals surface area contributed by atoms with Crippen molar-refractivity contribution in [3.05, 3.63) is 24.8 Å². The van der Waals surface area contributed by atoms with Gasteiger partial charge in [-0.05, 0) is 6.92 Å². The summed E-state index contributed by atoms with van der Waals surface area (Å²) in [5, 5.41) is 26.2. The SMILES string of the molecule is C=C(C)C(=O)OSCCNC(=O)CCNC(=O)C(O)C(C)(C)COP(=O)(O)OP(=O)(O)OC[C@H]1O[C@@H](n2cnc3c(N)ncnc32)[C@H](O)[C@@H]1OP(=O)(O)O. The average Bonchev–Trinajstić information content (AvgIpc) is 3.62. The monoisotopic (exact) mass is 851 g/mol. The van der Waals surface area contributed by atoms with Gasteiger partial charge in [-0.1, -0.05) is 20.4 Å². The number of phosphoric acid groups is 3. The summed E-state index contributed by atoms with van der Waals surface area (Å²) >= 11 is 0.812. The molecule has 1 aliphatic rings. The van der Waals surface area contributed by atoms with E-state index in [2.05, 4.69) is 41.0 Å². The minimum absolute atomic E-state index is 0.0267. The number of aliphatic hydroxyl groups is 2. The number of nitrogens with zero attached hydrogens (tertiary/aromatic N) is 4. The van der Waals surface area contributed by atoms with Crippen LogP contribution in [0.1, 0.15) is 33.4 Å². The lowest BCUT2D eigenvalue weighted by molar-refractivity contribution is -0.137. The molecule has 10 N–H and O–H groups in total. The Hall–Kier alpha value is -2.90. The van der Waals surface area contributed by atoms with E-state index in [4.69, 9.17) is 23.7 Å². The maximum absolute atomic E-state index is 12.6. The first-order valence-corrected chi connectivity index (χ1v) is 20.7. The Kier molecular flexibility index (Phi) is 15.9. The zero-order chi connectivity index (χ0) is 40.6. The van der Waals surface area contributed by atoms with Crippen LogP contribution < -0.4 is 16.4 Å². The lowest BCUT2D eigenvalue weighted by Crippen LogP contribution is -2.46. The van der Waals surface area contributed by atoms with Gasteiger partial charge >= 0.3 is 29.4 Å². The van der Waals surface area contributed by atoms with Crippen LogP contribution in [0.15, 0.2) is 24.8 Å². The molecule has 3 rings (SSSR count). The lowest BCUT2D eigenvalue weighted by atomic mass is 9.87. The molecule has 29 heteroatoms. The van der Waals surface area contributed by atoms with E-state index in [1.54, 1.807) is 0 Å². The number of nitrogens with two attached hydrogens (primary N) is 1. The van der Waals surface area contributed by atoms with Crippen molar-refractivity contribution in [2.75, 3.05) is 37.8 Å². The number of nitrogen functional groups attached to an aromatic ring is 1. The number of nitrogens with one attached hydrogen (secondary N) is 2. The Morgan fingerprint density at radius 2 is 1.76 bits per heavy atom. The molecule has 7 atom stereocenters. The maximum atomic E-state index is 12.6. The Labute approximate surface area is 310 Å². The second-order valence-electron chi connectivity index (χ2n) is 12.0. The molecule has 54 heavy (non-hydrogen) atoms. The van der Waals surface area contributed by atoms with Gasteiger partial charge in [-0.15, -0.1) is 0 Å². The molecule has 2 aromatic heterocycles. The zero-order valence-corrected chi connectivity index (χ0v) is 32.2. The van der Waals surface area contributed by atoms with Crippen LogP contribution in [-0.4, -0.2) is 124 Å². The molecule has 2 aromatic rings. The van der Waals surface area contributed by atoms with Crippen LogP contribution in [0.3, 0.4) is 0 Å². The van der Waals surface area contributed by atoms with Crippen LogP contribution >= 0.6 is 35.5 Å². The Bertz CT molecular complexity index is 1830. The fourth-order valence-electron chi connectivity index (χ4n) is 4.34. The van der Waals surface area contributed by atoms with Gasteiger partial charge < -0.3 is 55.1 Å². The number of anilines is 1. The number of hydrogen-bond donors (Lipinski definition) is 9. The summed E-state index contributed by atoms with van der Waals surface area (Å²) in [7, 11) is -16.4. The van der Waals surface area contributed by atoms with Gasteiger partial charge in [-0.3, -0.25) is 27.7 Å². The maximum Gasteiger partial charge on any atom is 0.481 e. The molecule has 1 saturated heterocycles. The second-order valence-corrected chi connectivity index (χ2v) is 17.1. The summed E-state index contributed by atoms with van der Waals surface area (Å²) in [6.45, 7) is 5.27. The van der Waals surface area contributed by atoms with E-state index in [0.29, 0.717) is 0 Å². The predicted molar refractivity (Wildman–Crippen MR) is 183 cm³/mol. The van der Waals surface area contributed by atoms with Crippen molar-refractivity contribution in [1.82, 2.24) is 30.2 Å². The molecule has 1 fully saturated rings. The number of rotatable bonds is 21. The van der Waals surface area contributed by atoms with Gasteiger partial charge in [0.25, 0.3) is 0 Å². The molecule has 3 heterocycles. The van der Waals surface area contributed by atoms with Crippen LogP contribution in [0.25, 0.3) is 11.2 Å². The van der Waals surface area contributed by atoms with E-state index in [1.807, 2.05) is 0 Å². The first kappa shape index (κ1) is 45.5. The molecule has 0 radical (unpaired) electrons. The molecule has 0 spiro atoms. The standard InChI is InChI=1S/C25H40N7O18P3S/c1-13(2)24(37)49-54-8-7-27-15(33)5-6-28-22(36)19(35)25(3,4)10-46-53(43,44)50-52(41,42)45-9-14-18(48-51(38,39)40)17(34)23(47-14)32-12-31-16-20(26)29-11-30-21(16)32/h11-12,14,17-19,23,34-35H,1,5-10H2,2-4H3,(H,27,33)(H,28,36)(H,41,42)(H,43,44)(H2,26,29,30)(H2,38,39,40)/t14-,17-,18-,19?,23-/m1/s1. The Morgan fingerprint density at radius 1 is 1.09 bits per heavy atom. The lowest BCUT2D eigenvalue weighted by Gasteiger charge is -2.30. The van der Waals surface area contributed by atoms with Gasteiger partial charge in [-0.2, -0.15) is 4.31 Å². The molecular weight excluding hydrogens is 811 g/mol. The zero-order valence-electron chi connectivity index (χ0n) is 28.7. The minimum atomic E-state index is -5.57. The molecule has 304 valence electrons. The number of imidazole rings is 1. The third kappa shape index (κ3) is 13.4. The first-order valence-electron chi connectivity index (χ1n) is 15.3. The number of hydrogen-bond acceptors (Lipinski definition) is 19. The summed E-state index contributed by atoms with van der Waals surface area (Å²) in [6.07, 6.45) is -6.97. The topological polar surface area (TPSA) is 373 Å². The van der Waals surface area contributed by atoms with Crippen LogP contribution in [0.5, 0.6) is 0 Å². The van der Waals surface area contributed by atoms with E-state index < -0.39 is 90.5 Å². The van der Waals surface area contributed by atoms with Crippen molar-refractivity contribution < 1.29 is 84.7 Å². The summed E-state index contributed by atoms with van der Waals surface area (Å²) < 4.78 is 66.7. The number of fused-ring (bicyclic) bond motifs is 1. The van der Waals surface area contributed by atoms with Crippen LogP contribution in [0.4, 0.5) is 5.82 Å². The van der Waals surface area contributed by atoms with E-state index in [1.165, 1.54) is 20.8 Å². The first-order chi connectivity index (χ1) is 24.9. The number of phosphoric ester groups is 3. The van der Waals surface area contributed by atoms with Gasteiger partial charge in [0, 0.05) is 36.3 Å². The summed E-state index contributed by atoms with van der Waals surface area (Å²) in [4.78, 5) is 86.6. The van der Waals surface area contributed by atoms with Gasteiger partial charge in [-0.25, -0.2) is 33.4 Å². The van der Waals surface area contributed by atoms with Gasteiger partial charge in [0.2, 0.25) is 11.8 Å². The van der Waals surface area contributed by atoms with Crippen molar-refractivity contribution in [3.8, 4) is 0 Å². The molecule has 1 aliphatic heterocycles. The molecular formula is C25H40N7O18P3S. The van der Waals surface area contributed by atoms with Crippen LogP contribution in [0, 0.1) is 5.41 Å². The summed E-state index contributed by atoms with van der Waals surface area (Å²) in [6, 6.07) is 0. The molecule has 25 nitrogen and oxygen atoms in total. The van der Waals surface area contributed by atoms with Gasteiger partial charge in [0.1, 0.15) is 36.3 Å². The van der Waals surface area contributed by atoms with Crippen LogP contribution in [-0.2, 0) is 54.9 Å². The van der Waals surface area contributed by atoms with E-state index in [-0.39, 0.29) is 47.8 Å². The number of ether oxygens (including phenoxy) is 1. The van der Waals surface area contributed by atoms with Gasteiger partial charge in [0.15, 0.2) is 17.7 Å². The largest absolute Gasteiger partial charge is 0.481 e. The highest BCUT2D eigenvalue weighted by atomic mass is 32.2. The van der Waals surface area contributed by atoms with E-state index >= 15 is 0 Å². The van der Waals surface area contributed by atoms with Crippen molar-refractivity contribution in [3.63, 3.8) is 0 Å². The molecule has 0 aliphatic carbocycles. The highest BCUT2D eigenvalue weighted by Crippen LogP contribution is 2.61. The fraction of sp³-hybridized carbons (Fsp3) is 0.600. The van der Waals surface area contributed by atoms with E-state index in [0.717, 1.165) is 29.3 Å². The molecule has 0 aromatic carbocycles. The quantitative estimate of drug-likeness (QED) is 0.0320. The number of aromatic nitrogens is 4. The number of carbonyl (C=O) groups excluding carboxylic acids is 3. The molecule has 0 bridgehead atoms. The second kappa shape index (κ2) is 18.8. The van der Waals surface area contributed by atoms with E-state index in [9.17, 15) is 57.9 Å². The Morgan fingerprint density at radius 3 is 2.41 bits per heavy atom. The third-order valence-electron chi connectivity index (χ3n) is 7.07. The van der Waals surface area contributed by atoms with Crippen molar-refractivity contribution in [2.24, 2.45) is 5.41 Å². The smallest absolute Gasteiger partial charge is 0.388 e. The molecule has 2 amide bonds. The molecule has 0 saturated carbocycles. The predicted octanol–water partition coefficient (Wildman–Crippen LogP) is -0.828. The van der Waals surface area contributed by atoms with Gasteiger partial charge in [0.05, 0.1) is 31.6 Å². The Balaban J connectivity index is 1.50. The van der Waals surface area contributed by atoms with Crippen molar-refractivity contribution >= 4 is 70.3 Å². The number of carbonyl (C=O) groups is 3. The van der Waals surface area contributed by atoms with Crippen LogP contribution in [0.2, 0.25) is 0 Å². The summed E-state index contributed by atoms with van der Waals surface area (Å²) in [5.41, 5.74) is 4.45. The van der Waals surface area contributed by atoms with Crippen molar-refractivity contribution in [1.29, 1.82) is 0 Å². The third-order valence-corrected chi connectivity index (χ3v) is 10.8. The summed E-state index contributed by atoms with van der Waals surface area (Å²) in [5.74, 6) is -1.87. The minimum Gasteiger partial charge on any atom is -0.388 e.